The highest BCUT2D eigenvalue weighted by atomic mass is 16.3. The van der Waals surface area contributed by atoms with Gasteiger partial charge in [-0.15, -0.1) is 0 Å². The van der Waals surface area contributed by atoms with Gasteiger partial charge in [0.25, 0.3) is 0 Å². The average molecular weight is 322 g/mol. The molecule has 0 rings (SSSR count). The fourth-order valence-electron chi connectivity index (χ4n) is 2.02. The summed E-state index contributed by atoms with van der Waals surface area (Å²) in [6, 6.07) is 0. The van der Waals surface area contributed by atoms with Crippen LogP contribution in [0.5, 0.6) is 0 Å². The molecule has 0 fully saturated rings. The van der Waals surface area contributed by atoms with Crippen molar-refractivity contribution in [3.05, 3.63) is 0 Å². The molecule has 0 aromatic heterocycles. The minimum Gasteiger partial charge on any atom is -0.395 e. The Morgan fingerprint density at radius 2 is 1.09 bits per heavy atom. The molecule has 0 aliphatic carbocycles. The van der Waals surface area contributed by atoms with E-state index in [2.05, 4.69) is 32.6 Å². The minimum absolute atomic E-state index is 0.0332. The van der Waals surface area contributed by atoms with Crippen molar-refractivity contribution in [2.75, 3.05) is 59.2 Å². The zero-order valence-corrected chi connectivity index (χ0v) is 15.0. The molecule has 136 valence electrons. The van der Waals surface area contributed by atoms with Crippen LogP contribution in [0.1, 0.15) is 40.5 Å². The Hall–Kier alpha value is -0.240. The largest absolute Gasteiger partial charge is 0.395 e. The monoisotopic (exact) mass is 322 g/mol. The Morgan fingerprint density at radius 3 is 1.36 bits per heavy atom. The molecule has 0 saturated heterocycles. The van der Waals surface area contributed by atoms with Gasteiger partial charge in [0.15, 0.2) is 0 Å². The van der Waals surface area contributed by atoms with Crippen molar-refractivity contribution in [3.8, 4) is 0 Å². The molecule has 0 heterocycles. The van der Waals surface area contributed by atoms with E-state index in [1.54, 1.807) is 0 Å². The van der Waals surface area contributed by atoms with Crippen molar-refractivity contribution in [2.24, 2.45) is 0 Å². The summed E-state index contributed by atoms with van der Waals surface area (Å²) >= 11 is 0. The number of nitrogens with zero attached hydrogens (tertiary/aromatic N) is 2. The van der Waals surface area contributed by atoms with Crippen LogP contribution >= 0.6 is 0 Å². The molecule has 6 heteroatoms. The molecule has 0 radical (unpaired) electrons. The first-order chi connectivity index (χ1) is 10.4. The fraction of sp³-hybridized carbons (Fsp3) is 1.00. The van der Waals surface area contributed by atoms with Crippen molar-refractivity contribution in [1.82, 2.24) is 9.80 Å². The highest BCUT2D eigenvalue weighted by Gasteiger charge is 2.19. The molecule has 0 saturated carbocycles. The van der Waals surface area contributed by atoms with Gasteiger partial charge in [-0.25, -0.2) is 0 Å². The van der Waals surface area contributed by atoms with E-state index >= 15 is 0 Å². The third-order valence-corrected chi connectivity index (χ3v) is 3.35. The lowest BCUT2D eigenvalue weighted by Crippen LogP contribution is -2.44. The van der Waals surface area contributed by atoms with Gasteiger partial charge in [0.05, 0.1) is 26.4 Å². The molecular formula is C16H38N2O4. The van der Waals surface area contributed by atoms with E-state index in [4.69, 9.17) is 20.4 Å². The second-order valence-electron chi connectivity index (χ2n) is 6.25. The molecule has 0 atom stereocenters. The van der Waals surface area contributed by atoms with Crippen molar-refractivity contribution in [1.29, 1.82) is 0 Å². The summed E-state index contributed by atoms with van der Waals surface area (Å²) in [6.07, 6.45) is 2.30. The number of β-amino-alcohol motifs (C(OH)–C–C–N with tert-alkyl or cyclic N) is 2. The molecule has 0 aliphatic rings. The lowest BCUT2D eigenvalue weighted by Gasteiger charge is -2.34. The molecular weight excluding hydrogens is 284 g/mol. The van der Waals surface area contributed by atoms with Crippen molar-refractivity contribution < 1.29 is 20.4 Å². The Labute approximate surface area is 136 Å². The maximum atomic E-state index is 8.70. The summed E-state index contributed by atoms with van der Waals surface area (Å²) in [6.45, 7) is 12.6. The summed E-state index contributed by atoms with van der Waals surface area (Å²) in [7, 11) is 0. The first-order valence-corrected chi connectivity index (χ1v) is 8.28. The molecule has 0 unspecified atom stereocenters. The summed E-state index contributed by atoms with van der Waals surface area (Å²) < 4.78 is 0. The molecule has 22 heavy (non-hydrogen) atoms. The summed E-state index contributed by atoms with van der Waals surface area (Å²) in [4.78, 5) is 4.12. The molecule has 0 bridgehead atoms. The number of aliphatic hydroxyl groups excluding tert-OH is 4. The third-order valence-electron chi connectivity index (χ3n) is 3.35. The van der Waals surface area contributed by atoms with Crippen LogP contribution in [-0.4, -0.2) is 94.9 Å². The van der Waals surface area contributed by atoms with Crippen LogP contribution in [0, 0.1) is 0 Å². The number of hydrogen-bond acceptors (Lipinski definition) is 6. The molecule has 4 N–H and O–H groups in total. The summed E-state index contributed by atoms with van der Waals surface area (Å²) in [5.74, 6) is 0. The van der Waals surface area contributed by atoms with E-state index in [1.807, 2.05) is 4.90 Å². The fourth-order valence-corrected chi connectivity index (χ4v) is 2.02. The van der Waals surface area contributed by atoms with Gasteiger partial charge in [0.1, 0.15) is 0 Å². The topological polar surface area (TPSA) is 87.4 Å². The van der Waals surface area contributed by atoms with E-state index in [9.17, 15) is 0 Å². The van der Waals surface area contributed by atoms with E-state index in [0.29, 0.717) is 26.2 Å². The van der Waals surface area contributed by atoms with Gasteiger partial charge in [-0.1, -0.05) is 13.3 Å². The third kappa shape index (κ3) is 14.7. The number of aliphatic hydroxyl groups is 4. The van der Waals surface area contributed by atoms with Crippen LogP contribution in [0.3, 0.4) is 0 Å². The van der Waals surface area contributed by atoms with Crippen LogP contribution in [0.15, 0.2) is 0 Å². The van der Waals surface area contributed by atoms with Gasteiger partial charge in [-0.3, -0.25) is 9.80 Å². The minimum atomic E-state index is 0.0332. The summed E-state index contributed by atoms with van der Waals surface area (Å²) in [5, 5.41) is 34.7. The molecule has 0 aromatic rings. The SMILES string of the molecule is CC(C)(C)N(CCO)CCO.CCCCN(CCO)CCO. The van der Waals surface area contributed by atoms with Crippen molar-refractivity contribution in [3.63, 3.8) is 0 Å². The van der Waals surface area contributed by atoms with Crippen LogP contribution < -0.4 is 0 Å². The number of hydrogen-bond donors (Lipinski definition) is 4. The van der Waals surface area contributed by atoms with E-state index in [-0.39, 0.29) is 32.0 Å². The smallest absolute Gasteiger partial charge is 0.0558 e. The van der Waals surface area contributed by atoms with Gasteiger partial charge in [-0.2, -0.15) is 0 Å². The Balaban J connectivity index is 0. The normalized spacial score (nSPS) is 11.7. The van der Waals surface area contributed by atoms with E-state index < -0.39 is 0 Å². The van der Waals surface area contributed by atoms with Gasteiger partial charge in [0.2, 0.25) is 0 Å². The first-order valence-electron chi connectivity index (χ1n) is 8.28. The number of unbranched alkanes of at least 4 members (excludes halogenated alkanes) is 1. The lowest BCUT2D eigenvalue weighted by atomic mass is 10.1. The van der Waals surface area contributed by atoms with E-state index in [0.717, 1.165) is 19.4 Å². The molecule has 0 spiro atoms. The predicted octanol–water partition coefficient (Wildman–Crippen LogP) is 0.145. The molecule has 0 aromatic carbocycles. The first kappa shape index (κ1) is 24.0. The maximum Gasteiger partial charge on any atom is 0.0558 e. The lowest BCUT2D eigenvalue weighted by molar-refractivity contribution is 0.0841. The van der Waals surface area contributed by atoms with Gasteiger partial charge in [-0.05, 0) is 33.7 Å². The maximum absolute atomic E-state index is 8.70. The van der Waals surface area contributed by atoms with Crippen LogP contribution in [-0.2, 0) is 0 Å². The predicted molar refractivity (Wildman–Crippen MR) is 91.0 cm³/mol. The average Bonchev–Trinajstić information content (AvgIpc) is 2.45. The van der Waals surface area contributed by atoms with E-state index in [1.165, 1.54) is 0 Å². The number of rotatable bonds is 11. The zero-order valence-electron chi connectivity index (χ0n) is 15.0. The van der Waals surface area contributed by atoms with Crippen LogP contribution in [0.2, 0.25) is 0 Å². The quantitative estimate of drug-likeness (QED) is 0.433. The van der Waals surface area contributed by atoms with Crippen LogP contribution in [0.4, 0.5) is 0 Å². The molecule has 0 amide bonds. The van der Waals surface area contributed by atoms with Gasteiger partial charge >= 0.3 is 0 Å². The Morgan fingerprint density at radius 1 is 0.682 bits per heavy atom. The van der Waals surface area contributed by atoms with Gasteiger partial charge < -0.3 is 20.4 Å². The second-order valence-corrected chi connectivity index (χ2v) is 6.25. The highest BCUT2D eigenvalue weighted by Crippen LogP contribution is 2.11. The highest BCUT2D eigenvalue weighted by molar-refractivity contribution is 4.75. The van der Waals surface area contributed by atoms with Crippen molar-refractivity contribution >= 4 is 0 Å². The van der Waals surface area contributed by atoms with Crippen LogP contribution in [0.25, 0.3) is 0 Å². The standard InChI is InChI=1S/2C8H19NO2/c1-8(2,3)9(4-6-10)5-7-11;1-2-3-4-9(5-7-10)6-8-11/h10-11H,4-7H2,1-3H3;10-11H,2-8H2,1H3. The molecule has 0 aliphatic heterocycles. The molecule has 6 nitrogen and oxygen atoms in total. The second kappa shape index (κ2) is 15.6. The van der Waals surface area contributed by atoms with Gasteiger partial charge in [0, 0.05) is 31.7 Å². The zero-order chi connectivity index (χ0) is 17.4. The summed E-state index contributed by atoms with van der Waals surface area (Å²) in [5.41, 5.74) is 0.0332. The Kier molecular flexibility index (Phi) is 17.1. The van der Waals surface area contributed by atoms with Crippen molar-refractivity contribution in [2.45, 2.75) is 46.1 Å². The Bertz CT molecular complexity index is 211.